The molecule has 0 aromatic heterocycles. The van der Waals surface area contributed by atoms with Crippen LogP contribution in [0.1, 0.15) is 47.5 Å². The van der Waals surface area contributed by atoms with Gasteiger partial charge in [0.2, 0.25) is 0 Å². The first-order valence-corrected chi connectivity index (χ1v) is 5.86. The van der Waals surface area contributed by atoms with Gasteiger partial charge < -0.3 is 15.2 Å². The van der Waals surface area contributed by atoms with Crippen LogP contribution in [0.15, 0.2) is 0 Å². The largest absolute Gasteiger partial charge is 0.459 e. The molecule has 0 aromatic rings. The number of esters is 1. The van der Waals surface area contributed by atoms with Gasteiger partial charge >= 0.3 is 5.97 Å². The van der Waals surface area contributed by atoms with Crippen LogP contribution in [-0.2, 0) is 9.53 Å². The molecule has 2 N–H and O–H groups in total. The number of hydrogen-bond acceptors (Lipinski definition) is 4. The maximum Gasteiger partial charge on any atom is 0.323 e. The Labute approximate surface area is 98.4 Å². The van der Waals surface area contributed by atoms with Crippen LogP contribution < -0.4 is 5.32 Å². The molecule has 0 aliphatic carbocycles. The van der Waals surface area contributed by atoms with Crippen LogP contribution >= 0.6 is 0 Å². The maximum absolute atomic E-state index is 11.6. The molecule has 0 saturated heterocycles. The van der Waals surface area contributed by atoms with E-state index < -0.39 is 5.60 Å². The number of carbonyl (C=O) groups is 1. The smallest absolute Gasteiger partial charge is 0.323 e. The van der Waals surface area contributed by atoms with Crippen LogP contribution in [0.25, 0.3) is 0 Å². The number of hydrogen-bond donors (Lipinski definition) is 2. The summed E-state index contributed by atoms with van der Waals surface area (Å²) in [5.74, 6) is -0.233. The van der Waals surface area contributed by atoms with Gasteiger partial charge in [0.05, 0.1) is 0 Å². The highest BCUT2D eigenvalue weighted by molar-refractivity contribution is 5.75. The zero-order valence-electron chi connectivity index (χ0n) is 11.0. The lowest BCUT2D eigenvalue weighted by Crippen LogP contribution is -2.43. The zero-order chi connectivity index (χ0) is 12.8. The summed E-state index contributed by atoms with van der Waals surface area (Å²) in [4.78, 5) is 11.6. The average Bonchev–Trinajstić information content (AvgIpc) is 2.11. The van der Waals surface area contributed by atoms with Crippen molar-refractivity contribution in [2.45, 2.75) is 65.1 Å². The summed E-state index contributed by atoms with van der Waals surface area (Å²) in [5, 5.41) is 11.8. The Morgan fingerprint density at radius 1 is 1.38 bits per heavy atom. The Kier molecular flexibility index (Phi) is 6.60. The van der Waals surface area contributed by atoms with Gasteiger partial charge in [0, 0.05) is 12.6 Å². The van der Waals surface area contributed by atoms with Gasteiger partial charge in [0.1, 0.15) is 11.6 Å². The highest BCUT2D eigenvalue weighted by atomic mass is 16.6. The summed E-state index contributed by atoms with van der Waals surface area (Å²) >= 11 is 0. The lowest BCUT2D eigenvalue weighted by molar-refractivity contribution is -0.157. The minimum atomic E-state index is -0.443. The molecule has 0 spiro atoms. The fraction of sp³-hybridized carbons (Fsp3) is 0.917. The van der Waals surface area contributed by atoms with E-state index in [9.17, 15) is 4.79 Å². The molecule has 0 fully saturated rings. The van der Waals surface area contributed by atoms with E-state index in [2.05, 4.69) is 5.32 Å². The van der Waals surface area contributed by atoms with Crippen LogP contribution in [0.5, 0.6) is 0 Å². The Balaban J connectivity index is 3.95. The van der Waals surface area contributed by atoms with E-state index in [-0.39, 0.29) is 24.7 Å². The molecule has 4 nitrogen and oxygen atoms in total. The van der Waals surface area contributed by atoms with Crippen LogP contribution in [-0.4, -0.2) is 35.4 Å². The predicted octanol–water partition coefficient (Wildman–Crippen LogP) is 1.47. The van der Waals surface area contributed by atoms with Crippen molar-refractivity contribution in [3.63, 3.8) is 0 Å². The van der Waals surface area contributed by atoms with Gasteiger partial charge in [0.15, 0.2) is 0 Å². The Morgan fingerprint density at radius 3 is 2.38 bits per heavy atom. The molecule has 16 heavy (non-hydrogen) atoms. The van der Waals surface area contributed by atoms with E-state index in [1.807, 2.05) is 27.7 Å². The molecule has 0 aliphatic rings. The first-order valence-electron chi connectivity index (χ1n) is 5.86. The van der Waals surface area contributed by atoms with Crippen LogP contribution in [0, 0.1) is 0 Å². The maximum atomic E-state index is 11.6. The first-order chi connectivity index (χ1) is 7.26. The molecule has 0 heterocycles. The number of rotatable bonds is 6. The van der Waals surface area contributed by atoms with Crippen molar-refractivity contribution in [1.29, 1.82) is 0 Å². The van der Waals surface area contributed by atoms with Crippen molar-refractivity contribution in [2.75, 3.05) is 6.61 Å². The van der Waals surface area contributed by atoms with E-state index in [1.165, 1.54) is 0 Å². The van der Waals surface area contributed by atoms with Crippen LogP contribution in [0.4, 0.5) is 0 Å². The monoisotopic (exact) mass is 231 g/mol. The predicted molar refractivity (Wildman–Crippen MR) is 64.2 cm³/mol. The second kappa shape index (κ2) is 6.86. The molecule has 0 aliphatic heterocycles. The first kappa shape index (κ1) is 15.4. The van der Waals surface area contributed by atoms with Gasteiger partial charge in [-0.25, -0.2) is 0 Å². The molecule has 96 valence electrons. The fourth-order valence-electron chi connectivity index (χ4n) is 1.37. The van der Waals surface area contributed by atoms with Gasteiger partial charge in [-0.05, 0) is 47.5 Å². The Hall–Kier alpha value is -0.610. The van der Waals surface area contributed by atoms with Crippen molar-refractivity contribution in [1.82, 2.24) is 5.32 Å². The lowest BCUT2D eigenvalue weighted by Gasteiger charge is -2.24. The third-order valence-corrected chi connectivity index (χ3v) is 2.09. The number of carbonyl (C=O) groups excluding carboxylic acids is 1. The summed E-state index contributed by atoms with van der Waals surface area (Å²) in [6, 6.07) is -0.109. The minimum Gasteiger partial charge on any atom is -0.459 e. The van der Waals surface area contributed by atoms with Crippen molar-refractivity contribution in [3.05, 3.63) is 0 Å². The van der Waals surface area contributed by atoms with Gasteiger partial charge in [-0.3, -0.25) is 4.79 Å². The quantitative estimate of drug-likeness (QED) is 0.680. The van der Waals surface area contributed by atoms with Gasteiger partial charge in [-0.1, -0.05) is 0 Å². The van der Waals surface area contributed by atoms with E-state index in [1.54, 1.807) is 6.92 Å². The van der Waals surface area contributed by atoms with Crippen molar-refractivity contribution >= 4 is 5.97 Å². The van der Waals surface area contributed by atoms with Gasteiger partial charge in [-0.2, -0.15) is 0 Å². The molecule has 0 bridgehead atoms. The highest BCUT2D eigenvalue weighted by Gasteiger charge is 2.22. The number of ether oxygens (including phenoxy) is 1. The molecule has 0 aromatic carbocycles. The molecule has 2 atom stereocenters. The summed E-state index contributed by atoms with van der Waals surface area (Å²) < 4.78 is 5.25. The third-order valence-electron chi connectivity index (χ3n) is 2.09. The molecule has 0 rings (SSSR count). The van der Waals surface area contributed by atoms with E-state index in [0.29, 0.717) is 0 Å². The second-order valence-electron chi connectivity index (χ2n) is 5.19. The van der Waals surface area contributed by atoms with E-state index in [0.717, 1.165) is 12.8 Å². The molecular weight excluding hydrogens is 206 g/mol. The summed E-state index contributed by atoms with van der Waals surface area (Å²) in [6.45, 7) is 9.54. The zero-order valence-corrected chi connectivity index (χ0v) is 11.0. The van der Waals surface area contributed by atoms with E-state index >= 15 is 0 Å². The van der Waals surface area contributed by atoms with Crippen LogP contribution in [0.2, 0.25) is 0 Å². The molecule has 0 saturated carbocycles. The van der Waals surface area contributed by atoms with Gasteiger partial charge in [0.25, 0.3) is 0 Å². The molecular formula is C12H25NO3. The molecule has 0 amide bonds. The fourth-order valence-corrected chi connectivity index (χ4v) is 1.37. The molecule has 0 radical (unpaired) electrons. The summed E-state index contributed by atoms with van der Waals surface area (Å²) in [6.07, 6.45) is 1.60. The van der Waals surface area contributed by atoms with Crippen molar-refractivity contribution in [3.8, 4) is 0 Å². The SMILES string of the molecule is CC(CCCO)N[C@@H](C)C(=O)OC(C)(C)C. The normalized spacial score (nSPS) is 15.6. The van der Waals surface area contributed by atoms with E-state index in [4.69, 9.17) is 9.84 Å². The number of aliphatic hydroxyl groups is 1. The molecule has 4 heteroatoms. The Bertz CT molecular complexity index is 211. The minimum absolute atomic E-state index is 0.187. The summed E-state index contributed by atoms with van der Waals surface area (Å²) in [5.41, 5.74) is -0.443. The second-order valence-corrected chi connectivity index (χ2v) is 5.19. The Morgan fingerprint density at radius 2 is 1.94 bits per heavy atom. The third kappa shape index (κ3) is 7.65. The number of nitrogens with one attached hydrogen (secondary N) is 1. The average molecular weight is 231 g/mol. The molecule has 1 unspecified atom stereocenters. The van der Waals surface area contributed by atoms with Crippen molar-refractivity contribution in [2.24, 2.45) is 0 Å². The van der Waals surface area contributed by atoms with Gasteiger partial charge in [-0.15, -0.1) is 0 Å². The standard InChI is InChI=1S/C12H25NO3/c1-9(7-6-8-14)13-10(2)11(15)16-12(3,4)5/h9-10,13-14H,6-8H2,1-5H3/t9?,10-/m0/s1. The number of aliphatic hydroxyl groups excluding tert-OH is 1. The van der Waals surface area contributed by atoms with Crippen LogP contribution in [0.3, 0.4) is 0 Å². The topological polar surface area (TPSA) is 58.6 Å². The highest BCUT2D eigenvalue weighted by Crippen LogP contribution is 2.09. The lowest BCUT2D eigenvalue weighted by atomic mass is 10.1. The van der Waals surface area contributed by atoms with Crippen molar-refractivity contribution < 1.29 is 14.6 Å². The summed E-state index contributed by atoms with van der Waals surface area (Å²) in [7, 11) is 0.